The van der Waals surface area contributed by atoms with E-state index in [1.54, 1.807) is 0 Å². The number of aromatic nitrogens is 1. The van der Waals surface area contributed by atoms with E-state index in [2.05, 4.69) is 9.88 Å². The number of Topliss-reactive ketones (excluding diaryl/α,β-unsaturated/α-hetero) is 1. The van der Waals surface area contributed by atoms with Crippen LogP contribution in [0.2, 0.25) is 0 Å². The molecule has 0 saturated heterocycles. The lowest BCUT2D eigenvalue weighted by atomic mass is 10.1. The topological polar surface area (TPSA) is 33.2 Å². The Morgan fingerprint density at radius 2 is 2.23 bits per heavy atom. The lowest BCUT2D eigenvalue weighted by molar-refractivity contribution is 0.0975. The van der Waals surface area contributed by atoms with E-state index in [1.165, 1.54) is 0 Å². The third-order valence-corrected chi connectivity index (χ3v) is 2.36. The largest absolute Gasteiger partial charge is 0.372 e. The molecular weight excluding hydrogens is 164 g/mol. The van der Waals surface area contributed by atoms with Crippen LogP contribution in [-0.4, -0.2) is 24.4 Å². The van der Waals surface area contributed by atoms with E-state index in [0.717, 1.165) is 17.9 Å². The van der Waals surface area contributed by atoms with Crippen molar-refractivity contribution in [2.45, 2.75) is 13.3 Å². The first kappa shape index (κ1) is 8.23. The van der Waals surface area contributed by atoms with Gasteiger partial charge >= 0.3 is 0 Å². The Bertz CT molecular complexity index is 360. The quantitative estimate of drug-likeness (QED) is 0.599. The number of hydrogen-bond acceptors (Lipinski definition) is 3. The first-order valence-electron chi connectivity index (χ1n) is 4.40. The minimum atomic E-state index is 0.164. The molecule has 0 atom stereocenters. The lowest BCUT2D eigenvalue weighted by Crippen LogP contribution is -2.29. The molecule has 2 rings (SSSR count). The third kappa shape index (κ3) is 1.30. The number of carbonyl (C=O) groups excluding carboxylic acids is 1. The molecule has 3 heteroatoms. The van der Waals surface area contributed by atoms with Crippen molar-refractivity contribution in [1.29, 1.82) is 0 Å². The average Bonchev–Trinajstić information content (AvgIpc) is 2.12. The SMILES string of the molecule is Cc1ccc2c(n1)C(=O)CCN2C. The number of ketones is 1. The van der Waals surface area contributed by atoms with Crippen LogP contribution in [0.5, 0.6) is 0 Å². The van der Waals surface area contributed by atoms with Gasteiger partial charge in [0.05, 0.1) is 5.69 Å². The van der Waals surface area contributed by atoms with Crippen LogP contribution < -0.4 is 4.90 Å². The van der Waals surface area contributed by atoms with Gasteiger partial charge in [-0.05, 0) is 19.1 Å². The first-order valence-corrected chi connectivity index (χ1v) is 4.40. The first-order chi connectivity index (χ1) is 6.18. The predicted molar refractivity (Wildman–Crippen MR) is 51.2 cm³/mol. The molecular formula is C10H12N2O. The maximum Gasteiger partial charge on any atom is 0.185 e. The van der Waals surface area contributed by atoms with Crippen LogP contribution >= 0.6 is 0 Å². The van der Waals surface area contributed by atoms with E-state index in [9.17, 15) is 4.79 Å². The zero-order chi connectivity index (χ0) is 9.42. The van der Waals surface area contributed by atoms with Gasteiger partial charge in [-0.25, -0.2) is 4.98 Å². The predicted octanol–water partition coefficient (Wildman–Crippen LogP) is 1.41. The molecule has 0 unspecified atom stereocenters. The van der Waals surface area contributed by atoms with Gasteiger partial charge in [-0.1, -0.05) is 0 Å². The summed E-state index contributed by atoms with van der Waals surface area (Å²) in [6.07, 6.45) is 0.583. The van der Waals surface area contributed by atoms with Crippen LogP contribution in [-0.2, 0) is 0 Å². The molecule has 1 aromatic rings. The number of carbonyl (C=O) groups is 1. The Balaban J connectivity index is 2.57. The molecule has 2 heterocycles. The molecule has 0 saturated carbocycles. The Hall–Kier alpha value is -1.38. The number of aryl methyl sites for hydroxylation is 1. The van der Waals surface area contributed by atoms with E-state index >= 15 is 0 Å². The van der Waals surface area contributed by atoms with Crippen molar-refractivity contribution in [3.8, 4) is 0 Å². The second kappa shape index (κ2) is 2.83. The van der Waals surface area contributed by atoms with Crippen molar-refractivity contribution >= 4 is 11.5 Å². The molecule has 68 valence electrons. The standard InChI is InChI=1S/C10H12N2O/c1-7-3-4-8-10(11-7)9(13)5-6-12(8)2/h3-4H,5-6H2,1-2H3. The molecule has 0 fully saturated rings. The van der Waals surface area contributed by atoms with E-state index in [0.29, 0.717) is 12.1 Å². The van der Waals surface area contributed by atoms with Crippen LogP contribution in [0, 0.1) is 6.92 Å². The monoisotopic (exact) mass is 176 g/mol. The molecule has 1 aliphatic heterocycles. The molecule has 1 aliphatic rings. The van der Waals surface area contributed by atoms with Gasteiger partial charge in [0.2, 0.25) is 0 Å². The van der Waals surface area contributed by atoms with Crippen molar-refractivity contribution in [3.05, 3.63) is 23.5 Å². The fourth-order valence-electron chi connectivity index (χ4n) is 1.57. The molecule has 13 heavy (non-hydrogen) atoms. The van der Waals surface area contributed by atoms with Crippen molar-refractivity contribution in [1.82, 2.24) is 4.98 Å². The van der Waals surface area contributed by atoms with Crippen LogP contribution in [0.1, 0.15) is 22.6 Å². The minimum absolute atomic E-state index is 0.164. The fraction of sp³-hybridized carbons (Fsp3) is 0.400. The zero-order valence-electron chi connectivity index (χ0n) is 7.87. The Kier molecular flexibility index (Phi) is 1.79. The van der Waals surface area contributed by atoms with Crippen molar-refractivity contribution in [2.75, 3.05) is 18.5 Å². The zero-order valence-corrected chi connectivity index (χ0v) is 7.87. The lowest BCUT2D eigenvalue weighted by Gasteiger charge is -2.25. The summed E-state index contributed by atoms with van der Waals surface area (Å²) in [6.45, 7) is 2.71. The van der Waals surface area contributed by atoms with E-state index < -0.39 is 0 Å². The van der Waals surface area contributed by atoms with Gasteiger partial charge in [0.15, 0.2) is 5.78 Å². The van der Waals surface area contributed by atoms with Crippen molar-refractivity contribution in [2.24, 2.45) is 0 Å². The summed E-state index contributed by atoms with van der Waals surface area (Å²) in [6, 6.07) is 3.91. The Labute approximate surface area is 77.4 Å². The fourth-order valence-corrected chi connectivity index (χ4v) is 1.57. The maximum absolute atomic E-state index is 11.5. The van der Waals surface area contributed by atoms with Gasteiger partial charge in [-0.2, -0.15) is 0 Å². The van der Waals surface area contributed by atoms with Gasteiger partial charge in [-0.15, -0.1) is 0 Å². The summed E-state index contributed by atoms with van der Waals surface area (Å²) in [4.78, 5) is 17.8. The highest BCUT2D eigenvalue weighted by Crippen LogP contribution is 2.23. The molecule has 0 bridgehead atoms. The second-order valence-corrected chi connectivity index (χ2v) is 3.42. The van der Waals surface area contributed by atoms with Gasteiger partial charge in [0.1, 0.15) is 5.69 Å². The van der Waals surface area contributed by atoms with E-state index in [-0.39, 0.29) is 5.78 Å². The summed E-state index contributed by atoms with van der Waals surface area (Å²) >= 11 is 0. The van der Waals surface area contributed by atoms with Gasteiger partial charge in [0, 0.05) is 25.7 Å². The third-order valence-electron chi connectivity index (χ3n) is 2.36. The van der Waals surface area contributed by atoms with Crippen LogP contribution in [0.4, 0.5) is 5.69 Å². The summed E-state index contributed by atoms with van der Waals surface area (Å²) < 4.78 is 0. The molecule has 0 amide bonds. The number of rotatable bonds is 0. The highest BCUT2D eigenvalue weighted by Gasteiger charge is 2.21. The second-order valence-electron chi connectivity index (χ2n) is 3.42. The number of hydrogen-bond donors (Lipinski definition) is 0. The molecule has 0 spiro atoms. The van der Waals surface area contributed by atoms with Gasteiger partial charge in [0.25, 0.3) is 0 Å². The molecule has 0 N–H and O–H groups in total. The summed E-state index contributed by atoms with van der Waals surface area (Å²) in [5.41, 5.74) is 2.50. The maximum atomic E-state index is 11.5. The molecule has 1 aromatic heterocycles. The number of pyridine rings is 1. The summed E-state index contributed by atoms with van der Waals surface area (Å²) in [7, 11) is 1.99. The number of anilines is 1. The van der Waals surface area contributed by atoms with Crippen LogP contribution in [0.25, 0.3) is 0 Å². The molecule has 3 nitrogen and oxygen atoms in total. The van der Waals surface area contributed by atoms with Crippen LogP contribution in [0.15, 0.2) is 12.1 Å². The molecule has 0 radical (unpaired) electrons. The smallest absolute Gasteiger partial charge is 0.185 e. The summed E-state index contributed by atoms with van der Waals surface area (Å²) in [5, 5.41) is 0. The highest BCUT2D eigenvalue weighted by molar-refractivity contribution is 6.01. The normalized spacial score (nSPS) is 15.8. The van der Waals surface area contributed by atoms with Gasteiger partial charge < -0.3 is 4.90 Å². The molecule has 0 aromatic carbocycles. The number of nitrogens with zero attached hydrogens (tertiary/aromatic N) is 2. The summed E-state index contributed by atoms with van der Waals surface area (Å²) in [5.74, 6) is 0.164. The number of fused-ring (bicyclic) bond motifs is 1. The van der Waals surface area contributed by atoms with Crippen LogP contribution in [0.3, 0.4) is 0 Å². The van der Waals surface area contributed by atoms with Gasteiger partial charge in [-0.3, -0.25) is 4.79 Å². The van der Waals surface area contributed by atoms with E-state index in [1.807, 2.05) is 26.1 Å². The van der Waals surface area contributed by atoms with Crippen molar-refractivity contribution in [3.63, 3.8) is 0 Å². The highest BCUT2D eigenvalue weighted by atomic mass is 16.1. The minimum Gasteiger partial charge on any atom is -0.372 e. The average molecular weight is 176 g/mol. The Morgan fingerprint density at radius 3 is 3.00 bits per heavy atom. The van der Waals surface area contributed by atoms with Crippen molar-refractivity contribution < 1.29 is 4.79 Å². The van der Waals surface area contributed by atoms with E-state index in [4.69, 9.17) is 0 Å². The Morgan fingerprint density at radius 1 is 1.46 bits per heavy atom. The molecule has 0 aliphatic carbocycles.